The molecule has 0 atom stereocenters. The minimum absolute atomic E-state index is 0.0134. The summed E-state index contributed by atoms with van der Waals surface area (Å²) in [6, 6.07) is 4.62. The van der Waals surface area contributed by atoms with Crippen LogP contribution in [0.15, 0.2) is 18.2 Å². The van der Waals surface area contributed by atoms with Gasteiger partial charge in [0.25, 0.3) is 5.69 Å². The zero-order chi connectivity index (χ0) is 14.3. The van der Waals surface area contributed by atoms with Crippen molar-refractivity contribution < 1.29 is 9.72 Å². The summed E-state index contributed by atoms with van der Waals surface area (Å²) in [5.41, 5.74) is 1.19. The lowest BCUT2D eigenvalue weighted by Crippen LogP contribution is -2.26. The summed E-state index contributed by atoms with van der Waals surface area (Å²) in [4.78, 5) is 21.5. The third kappa shape index (κ3) is 4.82. The summed E-state index contributed by atoms with van der Waals surface area (Å²) in [5, 5.41) is 19.3. The molecule has 0 aliphatic carbocycles. The Labute approximate surface area is 111 Å². The zero-order valence-electron chi connectivity index (χ0n) is 11.0. The van der Waals surface area contributed by atoms with Crippen molar-refractivity contribution in [2.24, 2.45) is 0 Å². The minimum atomic E-state index is -0.456. The average molecular weight is 266 g/mol. The van der Waals surface area contributed by atoms with Gasteiger partial charge in [-0.3, -0.25) is 14.9 Å². The Kier molecular flexibility index (Phi) is 5.59. The minimum Gasteiger partial charge on any atom is -0.385 e. The van der Waals surface area contributed by atoms with Gasteiger partial charge in [0, 0.05) is 37.1 Å². The lowest BCUT2D eigenvalue weighted by Gasteiger charge is -2.09. The molecule has 0 saturated heterocycles. The highest BCUT2D eigenvalue weighted by atomic mass is 16.6. The predicted octanol–water partition coefficient (Wildman–Crippen LogP) is 1.57. The van der Waals surface area contributed by atoms with Crippen LogP contribution in [0.5, 0.6) is 0 Å². The molecule has 0 unspecified atom stereocenters. The molecule has 3 N–H and O–H groups in total. The largest absolute Gasteiger partial charge is 0.385 e. The van der Waals surface area contributed by atoms with Gasteiger partial charge in [0.1, 0.15) is 0 Å². The zero-order valence-corrected chi connectivity index (χ0v) is 11.0. The Morgan fingerprint density at radius 2 is 1.89 bits per heavy atom. The van der Waals surface area contributed by atoms with E-state index in [1.165, 1.54) is 19.2 Å². The molecule has 1 aromatic carbocycles. The molecule has 0 aromatic heterocycles. The third-order valence-electron chi connectivity index (χ3n) is 2.44. The van der Waals surface area contributed by atoms with Gasteiger partial charge in [-0.1, -0.05) is 6.92 Å². The van der Waals surface area contributed by atoms with Gasteiger partial charge in [-0.2, -0.15) is 0 Å². The fourth-order valence-electron chi connectivity index (χ4n) is 1.46. The van der Waals surface area contributed by atoms with Crippen molar-refractivity contribution in [3.63, 3.8) is 0 Å². The molecule has 0 fully saturated rings. The molecule has 7 heteroatoms. The molecule has 0 bridgehead atoms. The Bertz CT molecular complexity index is 462. The molecule has 7 nitrogen and oxygen atoms in total. The molecule has 104 valence electrons. The second-order valence-corrected chi connectivity index (χ2v) is 3.98. The number of hydrogen-bond donors (Lipinski definition) is 3. The fraction of sp³-hybridized carbons (Fsp3) is 0.417. The van der Waals surface area contributed by atoms with Crippen molar-refractivity contribution in [2.45, 2.75) is 13.3 Å². The predicted molar refractivity (Wildman–Crippen MR) is 74.4 cm³/mol. The lowest BCUT2D eigenvalue weighted by molar-refractivity contribution is -0.384. The smallest absolute Gasteiger partial charge is 0.273 e. The number of amides is 1. The summed E-state index contributed by atoms with van der Waals surface area (Å²) >= 11 is 0. The van der Waals surface area contributed by atoms with Crippen LogP contribution in [0.25, 0.3) is 0 Å². The van der Waals surface area contributed by atoms with Gasteiger partial charge in [0.05, 0.1) is 11.5 Å². The summed E-state index contributed by atoms with van der Waals surface area (Å²) in [6.45, 7) is 2.82. The number of nitrogens with one attached hydrogen (secondary N) is 3. The number of nitrogens with zero attached hydrogens (tertiary/aromatic N) is 1. The number of likely N-dealkylation sites (N-methyl/N-ethyl adjacent to an activating group) is 1. The molecule has 1 amide bonds. The third-order valence-corrected chi connectivity index (χ3v) is 2.44. The second-order valence-electron chi connectivity index (χ2n) is 3.98. The van der Waals surface area contributed by atoms with E-state index in [-0.39, 0.29) is 18.1 Å². The van der Waals surface area contributed by atoms with Crippen LogP contribution in [-0.2, 0) is 4.79 Å². The van der Waals surface area contributed by atoms with Crippen molar-refractivity contribution in [2.75, 3.05) is 30.8 Å². The molecule has 0 aliphatic heterocycles. The number of benzene rings is 1. The molecule has 0 radical (unpaired) electrons. The number of hydrogen-bond acceptors (Lipinski definition) is 5. The number of carbonyl (C=O) groups is 1. The van der Waals surface area contributed by atoms with E-state index >= 15 is 0 Å². The normalized spacial score (nSPS) is 9.79. The second kappa shape index (κ2) is 7.20. The van der Waals surface area contributed by atoms with E-state index in [4.69, 9.17) is 0 Å². The highest BCUT2D eigenvalue weighted by molar-refractivity contribution is 5.80. The van der Waals surface area contributed by atoms with Gasteiger partial charge < -0.3 is 16.0 Å². The Hall–Kier alpha value is -2.31. The lowest BCUT2D eigenvalue weighted by atomic mass is 10.2. The van der Waals surface area contributed by atoms with E-state index in [9.17, 15) is 14.9 Å². The van der Waals surface area contributed by atoms with Crippen LogP contribution in [0.3, 0.4) is 0 Å². The van der Waals surface area contributed by atoms with Crippen molar-refractivity contribution in [1.82, 2.24) is 5.32 Å². The maximum absolute atomic E-state index is 11.1. The van der Waals surface area contributed by atoms with Crippen LogP contribution in [0.1, 0.15) is 13.3 Å². The Morgan fingerprint density at radius 3 is 2.42 bits per heavy atom. The monoisotopic (exact) mass is 266 g/mol. The van der Waals surface area contributed by atoms with Crippen molar-refractivity contribution in [1.29, 1.82) is 0 Å². The van der Waals surface area contributed by atoms with E-state index < -0.39 is 4.92 Å². The van der Waals surface area contributed by atoms with Crippen LogP contribution in [0, 0.1) is 10.1 Å². The van der Waals surface area contributed by atoms with E-state index in [1.54, 1.807) is 6.07 Å². The standard InChI is InChI=1S/C12H18N4O3/c1-3-4-14-9-5-10(15-8-12(17)13-2)7-11(6-9)16(18)19/h5-7,14-15H,3-4,8H2,1-2H3,(H,13,17). The first-order chi connectivity index (χ1) is 9.06. The SMILES string of the molecule is CCCNc1cc(NCC(=O)NC)cc([N+](=O)[O-])c1. The summed E-state index contributed by atoms with van der Waals surface area (Å²) < 4.78 is 0. The number of nitro groups is 1. The molecular formula is C12H18N4O3. The van der Waals surface area contributed by atoms with Gasteiger partial charge in [0.2, 0.25) is 5.91 Å². The van der Waals surface area contributed by atoms with Crippen molar-refractivity contribution >= 4 is 23.0 Å². The summed E-state index contributed by atoms with van der Waals surface area (Å²) in [5.74, 6) is -0.186. The van der Waals surface area contributed by atoms with E-state index in [0.29, 0.717) is 11.4 Å². The molecule has 0 aliphatic rings. The average Bonchev–Trinajstić information content (AvgIpc) is 2.42. The Morgan fingerprint density at radius 1 is 1.26 bits per heavy atom. The van der Waals surface area contributed by atoms with Crippen molar-refractivity contribution in [3.8, 4) is 0 Å². The van der Waals surface area contributed by atoms with Gasteiger partial charge in [-0.05, 0) is 12.5 Å². The summed E-state index contributed by atoms with van der Waals surface area (Å²) in [7, 11) is 1.53. The van der Waals surface area contributed by atoms with E-state index in [1.807, 2.05) is 6.92 Å². The van der Waals surface area contributed by atoms with Crippen molar-refractivity contribution in [3.05, 3.63) is 28.3 Å². The molecular weight excluding hydrogens is 248 g/mol. The molecule has 0 saturated carbocycles. The van der Waals surface area contributed by atoms with E-state index in [0.717, 1.165) is 13.0 Å². The number of non-ortho nitro benzene ring substituents is 1. The summed E-state index contributed by atoms with van der Waals surface area (Å²) in [6.07, 6.45) is 0.920. The molecule has 1 rings (SSSR count). The van der Waals surface area contributed by atoms with Crippen LogP contribution >= 0.6 is 0 Å². The molecule has 0 spiro atoms. The van der Waals surface area contributed by atoms with Crippen LogP contribution in [0.2, 0.25) is 0 Å². The quantitative estimate of drug-likeness (QED) is 0.514. The fourth-order valence-corrected chi connectivity index (χ4v) is 1.46. The van der Waals surface area contributed by atoms with Gasteiger partial charge >= 0.3 is 0 Å². The first-order valence-corrected chi connectivity index (χ1v) is 6.04. The topological polar surface area (TPSA) is 96.3 Å². The molecule has 19 heavy (non-hydrogen) atoms. The van der Waals surface area contributed by atoms with Gasteiger partial charge in [-0.15, -0.1) is 0 Å². The highest BCUT2D eigenvalue weighted by Gasteiger charge is 2.10. The number of nitro benzene ring substituents is 1. The maximum atomic E-state index is 11.1. The van der Waals surface area contributed by atoms with Crippen LogP contribution in [0.4, 0.5) is 17.1 Å². The Balaban J connectivity index is 2.86. The number of rotatable bonds is 7. The maximum Gasteiger partial charge on any atom is 0.273 e. The molecule has 1 aromatic rings. The van der Waals surface area contributed by atoms with Gasteiger partial charge in [-0.25, -0.2) is 0 Å². The highest BCUT2D eigenvalue weighted by Crippen LogP contribution is 2.24. The molecule has 0 heterocycles. The first-order valence-electron chi connectivity index (χ1n) is 6.04. The number of carbonyl (C=O) groups excluding carboxylic acids is 1. The van der Waals surface area contributed by atoms with Crippen LogP contribution in [-0.4, -0.2) is 31.0 Å². The van der Waals surface area contributed by atoms with Gasteiger partial charge in [0.15, 0.2) is 0 Å². The van der Waals surface area contributed by atoms with Crippen LogP contribution < -0.4 is 16.0 Å². The first kappa shape index (κ1) is 14.7. The van der Waals surface area contributed by atoms with E-state index in [2.05, 4.69) is 16.0 Å². The number of anilines is 2.